The van der Waals surface area contributed by atoms with Crippen LogP contribution in [0.3, 0.4) is 0 Å². The number of halogens is 4. The number of benzene rings is 3. The van der Waals surface area contributed by atoms with Crippen molar-refractivity contribution >= 4 is 34.2 Å². The normalized spacial score (nSPS) is 12.9. The molecular formula is C32H32F4N4O6. The van der Waals surface area contributed by atoms with E-state index in [-0.39, 0.29) is 35.9 Å². The molecule has 0 bridgehead atoms. The molecule has 244 valence electrons. The van der Waals surface area contributed by atoms with Gasteiger partial charge in [-0.25, -0.2) is 9.59 Å². The zero-order valence-corrected chi connectivity index (χ0v) is 25.0. The summed E-state index contributed by atoms with van der Waals surface area (Å²) in [6.45, 7) is 3.55. The summed E-state index contributed by atoms with van der Waals surface area (Å²) in [6, 6.07) is 14.3. The number of carboxylic acids is 1. The fourth-order valence-electron chi connectivity index (χ4n) is 4.88. The van der Waals surface area contributed by atoms with Crippen molar-refractivity contribution in [2.75, 3.05) is 24.3 Å². The number of ether oxygens (including phenoxy) is 2. The van der Waals surface area contributed by atoms with Gasteiger partial charge in [-0.05, 0) is 72.4 Å². The van der Waals surface area contributed by atoms with E-state index in [0.717, 1.165) is 17.2 Å². The molecule has 0 aliphatic heterocycles. The van der Waals surface area contributed by atoms with Gasteiger partial charge in [0.15, 0.2) is 6.04 Å². The zero-order chi connectivity index (χ0) is 33.6. The molecule has 14 heteroatoms. The van der Waals surface area contributed by atoms with E-state index in [9.17, 15) is 37.1 Å². The molecule has 0 spiro atoms. The molecule has 1 aromatic heterocycles. The lowest BCUT2D eigenvalue weighted by Gasteiger charge is -2.20. The molecule has 0 radical (unpaired) electrons. The average Bonchev–Trinajstić information content (AvgIpc) is 3.00. The topological polar surface area (TPSA) is 142 Å². The molecule has 1 amide bonds. The van der Waals surface area contributed by atoms with Gasteiger partial charge in [-0.2, -0.15) is 17.6 Å². The number of aromatic nitrogens is 1. The van der Waals surface area contributed by atoms with E-state index in [4.69, 9.17) is 4.74 Å². The number of hydrogen-bond donors (Lipinski definition) is 5. The molecule has 0 aliphatic rings. The van der Waals surface area contributed by atoms with E-state index in [1.165, 1.54) is 25.4 Å². The Morgan fingerprint density at radius 1 is 1.02 bits per heavy atom. The molecule has 0 saturated heterocycles. The second kappa shape index (κ2) is 14.3. The van der Waals surface area contributed by atoms with E-state index >= 15 is 0 Å². The number of carbonyl (C=O) groups is 2. The van der Waals surface area contributed by atoms with Crippen molar-refractivity contribution in [2.45, 2.75) is 44.9 Å². The largest absolute Gasteiger partial charge is 0.479 e. The average molecular weight is 645 g/mol. The number of aromatic amines is 1. The van der Waals surface area contributed by atoms with Crippen molar-refractivity contribution in [3.8, 4) is 5.75 Å². The van der Waals surface area contributed by atoms with Gasteiger partial charge in [0, 0.05) is 41.0 Å². The Hall–Kier alpha value is -5.11. The Labute approximate surface area is 260 Å². The minimum absolute atomic E-state index is 0.00809. The van der Waals surface area contributed by atoms with Crippen LogP contribution in [0.2, 0.25) is 0 Å². The first-order valence-electron chi connectivity index (χ1n) is 14.1. The van der Waals surface area contributed by atoms with Crippen LogP contribution in [0, 0.1) is 6.92 Å². The smallest absolute Gasteiger partial charge is 0.461 e. The predicted octanol–water partition coefficient (Wildman–Crippen LogP) is 6.38. The summed E-state index contributed by atoms with van der Waals surface area (Å²) < 4.78 is 61.6. The zero-order valence-electron chi connectivity index (χ0n) is 25.0. The van der Waals surface area contributed by atoms with Gasteiger partial charge in [0.2, 0.25) is 0 Å². The van der Waals surface area contributed by atoms with Gasteiger partial charge in [-0.15, -0.1) is 0 Å². The van der Waals surface area contributed by atoms with Gasteiger partial charge in [-0.1, -0.05) is 31.2 Å². The number of rotatable bonds is 13. The maximum atomic E-state index is 13.4. The molecule has 5 N–H and O–H groups in total. The molecule has 46 heavy (non-hydrogen) atoms. The van der Waals surface area contributed by atoms with Crippen LogP contribution in [0.1, 0.15) is 41.1 Å². The predicted molar refractivity (Wildman–Crippen MR) is 164 cm³/mol. The number of nitrogens with one attached hydrogen (secondary N) is 4. The monoisotopic (exact) mass is 644 g/mol. The molecule has 2 atom stereocenters. The Morgan fingerprint density at radius 2 is 1.76 bits per heavy atom. The van der Waals surface area contributed by atoms with E-state index in [2.05, 4.69) is 25.7 Å². The van der Waals surface area contributed by atoms with Gasteiger partial charge >= 0.3 is 24.6 Å². The van der Waals surface area contributed by atoms with Gasteiger partial charge < -0.3 is 30.2 Å². The highest BCUT2D eigenvalue weighted by molar-refractivity contribution is 5.87. The van der Waals surface area contributed by atoms with Crippen LogP contribution in [-0.2, 0) is 16.1 Å². The van der Waals surface area contributed by atoms with Crippen LogP contribution in [0.4, 0.5) is 33.7 Å². The standard InChI is InChI=1S/C32H32F4N4O6/c1-17-12-20(27(29(42)43)39-23-6-4-19-10-11-38-28(41)25(19)14-23)5-8-24(17)18(2)16-45-31(44)40-22-7-9-26(21(13-22)15-37-3)46-32(35,36)30(33)34/h4-14,18,27,30,37,39H,15-16H2,1-3H3,(H,38,41)(H,40,44)(H,42,43)/t18-,27?/m0/s1. The van der Waals surface area contributed by atoms with Crippen LogP contribution in [0.5, 0.6) is 5.75 Å². The summed E-state index contributed by atoms with van der Waals surface area (Å²) in [7, 11) is 1.52. The molecule has 3 aromatic carbocycles. The molecule has 0 saturated carbocycles. The van der Waals surface area contributed by atoms with E-state index in [1.807, 2.05) is 6.92 Å². The van der Waals surface area contributed by atoms with Crippen molar-refractivity contribution < 1.29 is 41.7 Å². The number of aliphatic carboxylic acids is 1. The Bertz CT molecular complexity index is 1780. The third-order valence-electron chi connectivity index (χ3n) is 7.13. The number of carboxylic acid groups (broad SMARTS) is 1. The Morgan fingerprint density at radius 3 is 2.43 bits per heavy atom. The molecule has 10 nitrogen and oxygen atoms in total. The summed E-state index contributed by atoms with van der Waals surface area (Å²) >= 11 is 0. The first-order chi connectivity index (χ1) is 21.8. The summed E-state index contributed by atoms with van der Waals surface area (Å²) in [5.74, 6) is -1.89. The van der Waals surface area contributed by atoms with Crippen LogP contribution in [0.25, 0.3) is 10.8 Å². The molecular weight excluding hydrogens is 612 g/mol. The minimum atomic E-state index is -4.69. The number of alkyl halides is 4. The third kappa shape index (κ3) is 8.13. The minimum Gasteiger partial charge on any atom is -0.479 e. The lowest BCUT2D eigenvalue weighted by atomic mass is 9.93. The molecule has 0 fully saturated rings. The first-order valence-corrected chi connectivity index (χ1v) is 14.1. The molecule has 1 unspecified atom stereocenters. The third-order valence-corrected chi connectivity index (χ3v) is 7.13. The highest BCUT2D eigenvalue weighted by Crippen LogP contribution is 2.32. The maximum Gasteiger partial charge on any atom is 0.461 e. The highest BCUT2D eigenvalue weighted by atomic mass is 19.3. The number of carbonyl (C=O) groups excluding carboxylic acids is 1. The van der Waals surface area contributed by atoms with Crippen molar-refractivity contribution in [1.29, 1.82) is 0 Å². The Kier molecular flexibility index (Phi) is 10.5. The lowest BCUT2D eigenvalue weighted by Crippen LogP contribution is -2.34. The lowest BCUT2D eigenvalue weighted by molar-refractivity contribution is -0.253. The van der Waals surface area contributed by atoms with Crippen molar-refractivity contribution in [3.05, 3.63) is 99.5 Å². The second-order valence-corrected chi connectivity index (χ2v) is 10.6. The summed E-state index contributed by atoms with van der Waals surface area (Å²) in [5, 5.41) is 19.3. The number of pyridine rings is 1. The maximum absolute atomic E-state index is 13.4. The van der Waals surface area contributed by atoms with E-state index in [1.54, 1.807) is 49.4 Å². The number of hydrogen-bond acceptors (Lipinski definition) is 7. The summed E-state index contributed by atoms with van der Waals surface area (Å²) in [4.78, 5) is 39.5. The van der Waals surface area contributed by atoms with Crippen LogP contribution >= 0.6 is 0 Å². The number of anilines is 2. The number of fused-ring (bicyclic) bond motifs is 1. The quantitative estimate of drug-likeness (QED) is 0.106. The van der Waals surface area contributed by atoms with Crippen LogP contribution in [-0.4, -0.2) is 48.3 Å². The fourth-order valence-corrected chi connectivity index (χ4v) is 4.88. The Balaban J connectivity index is 1.40. The van der Waals surface area contributed by atoms with Gasteiger partial charge in [0.25, 0.3) is 5.56 Å². The second-order valence-electron chi connectivity index (χ2n) is 10.6. The number of H-pyrrole nitrogens is 1. The van der Waals surface area contributed by atoms with E-state index < -0.39 is 36.4 Å². The SMILES string of the molecule is CNCc1cc(NC(=O)OC[C@H](C)c2ccc(C(Nc3ccc4cc[nH]c(=O)c4c3)C(=O)O)cc2C)ccc1OC(F)(F)C(F)F. The van der Waals surface area contributed by atoms with Crippen LogP contribution < -0.4 is 26.2 Å². The summed E-state index contributed by atoms with van der Waals surface area (Å²) in [6.07, 6.45) is -8.02. The molecule has 4 rings (SSSR count). The van der Waals surface area contributed by atoms with Gasteiger partial charge in [-0.3, -0.25) is 10.1 Å². The number of aryl methyl sites for hydroxylation is 1. The molecule has 1 heterocycles. The highest BCUT2D eigenvalue weighted by Gasteiger charge is 2.44. The fraction of sp³-hybridized carbons (Fsp3) is 0.281. The summed E-state index contributed by atoms with van der Waals surface area (Å²) in [5.41, 5.74) is 2.46. The van der Waals surface area contributed by atoms with Crippen molar-refractivity contribution in [3.63, 3.8) is 0 Å². The van der Waals surface area contributed by atoms with Crippen LogP contribution in [0.15, 0.2) is 71.7 Å². The number of amides is 1. The first kappa shape index (κ1) is 33.8. The molecule has 4 aromatic rings. The van der Waals surface area contributed by atoms with Gasteiger partial charge in [0.05, 0.1) is 6.61 Å². The van der Waals surface area contributed by atoms with E-state index in [0.29, 0.717) is 22.0 Å². The van der Waals surface area contributed by atoms with Crippen molar-refractivity contribution in [1.82, 2.24) is 10.3 Å². The van der Waals surface area contributed by atoms with Gasteiger partial charge in [0.1, 0.15) is 5.75 Å². The molecule has 0 aliphatic carbocycles. The van der Waals surface area contributed by atoms with Crippen molar-refractivity contribution in [2.24, 2.45) is 0 Å².